The lowest BCUT2D eigenvalue weighted by Crippen LogP contribution is -2.10. The third-order valence-corrected chi connectivity index (χ3v) is 1.43. The minimum absolute atomic E-state index is 0.0475. The molecule has 1 N–H and O–H groups in total. The third kappa shape index (κ3) is 1.56. The predicted octanol–water partition coefficient (Wildman–Crippen LogP) is 1.43. The van der Waals surface area contributed by atoms with Crippen LogP contribution in [0.2, 0.25) is 0 Å². The average Bonchev–Trinajstić information content (AvgIpc) is 1.59. The number of aliphatic hydroxyl groups is 1. The number of carbonyl (C=O) groups is 1. The predicted molar refractivity (Wildman–Crippen MR) is 34.1 cm³/mol. The van der Waals surface area contributed by atoms with Crippen LogP contribution in [0.25, 0.3) is 0 Å². The molecule has 0 radical (unpaired) electrons. The van der Waals surface area contributed by atoms with Crippen LogP contribution < -0.4 is 0 Å². The van der Waals surface area contributed by atoms with Crippen molar-refractivity contribution in [2.75, 3.05) is 0 Å². The zero-order chi connectivity index (χ0) is 6.85. The standard InChI is InChI=1S/C7H10O2/c1-5-2-6(8)4-7(9)3-5/h4-5,8H,2-3H2,1H3/t5-/m1/s1. The van der Waals surface area contributed by atoms with Gasteiger partial charge in [0, 0.05) is 18.9 Å². The van der Waals surface area contributed by atoms with E-state index in [1.54, 1.807) is 0 Å². The van der Waals surface area contributed by atoms with E-state index >= 15 is 0 Å². The number of hydrogen-bond acceptors (Lipinski definition) is 2. The van der Waals surface area contributed by atoms with E-state index in [4.69, 9.17) is 5.11 Å². The molecule has 50 valence electrons. The van der Waals surface area contributed by atoms with E-state index in [0.717, 1.165) is 0 Å². The highest BCUT2D eigenvalue weighted by Gasteiger charge is 2.15. The highest BCUT2D eigenvalue weighted by molar-refractivity contribution is 5.90. The van der Waals surface area contributed by atoms with Crippen molar-refractivity contribution in [2.45, 2.75) is 19.8 Å². The number of rotatable bonds is 0. The maximum Gasteiger partial charge on any atom is 0.159 e. The summed E-state index contributed by atoms with van der Waals surface area (Å²) in [4.78, 5) is 10.6. The Balaban J connectivity index is 2.67. The van der Waals surface area contributed by atoms with E-state index in [2.05, 4.69) is 0 Å². The molecule has 0 aromatic carbocycles. The second-order valence-electron chi connectivity index (χ2n) is 2.62. The summed E-state index contributed by atoms with van der Waals surface area (Å²) < 4.78 is 0. The van der Waals surface area contributed by atoms with E-state index in [1.165, 1.54) is 6.08 Å². The van der Waals surface area contributed by atoms with Gasteiger partial charge in [0.2, 0.25) is 0 Å². The normalized spacial score (nSPS) is 27.9. The monoisotopic (exact) mass is 126 g/mol. The van der Waals surface area contributed by atoms with Gasteiger partial charge in [-0.05, 0) is 5.92 Å². The molecular weight excluding hydrogens is 116 g/mol. The fourth-order valence-corrected chi connectivity index (χ4v) is 1.08. The summed E-state index contributed by atoms with van der Waals surface area (Å²) in [5, 5.41) is 8.89. The van der Waals surface area contributed by atoms with Crippen molar-refractivity contribution in [1.29, 1.82) is 0 Å². The highest BCUT2D eigenvalue weighted by Crippen LogP contribution is 2.18. The minimum Gasteiger partial charge on any atom is -0.512 e. The van der Waals surface area contributed by atoms with Crippen LogP contribution in [0, 0.1) is 5.92 Å². The summed E-state index contributed by atoms with van der Waals surface area (Å²) >= 11 is 0. The average molecular weight is 126 g/mol. The van der Waals surface area contributed by atoms with Crippen molar-refractivity contribution in [1.82, 2.24) is 0 Å². The molecule has 2 nitrogen and oxygen atoms in total. The van der Waals surface area contributed by atoms with Crippen LogP contribution in [0.4, 0.5) is 0 Å². The summed E-state index contributed by atoms with van der Waals surface area (Å²) in [5.41, 5.74) is 0. The molecule has 9 heavy (non-hydrogen) atoms. The first-order valence-corrected chi connectivity index (χ1v) is 3.11. The van der Waals surface area contributed by atoms with Crippen molar-refractivity contribution < 1.29 is 9.90 Å². The number of aliphatic hydroxyl groups excluding tert-OH is 1. The third-order valence-electron chi connectivity index (χ3n) is 1.43. The SMILES string of the molecule is C[C@H]1CC(=O)C=C(O)C1. The molecule has 0 fully saturated rings. The Bertz CT molecular complexity index is 158. The lowest BCUT2D eigenvalue weighted by molar-refractivity contribution is -0.116. The second-order valence-corrected chi connectivity index (χ2v) is 2.62. The first-order chi connectivity index (χ1) is 4.18. The molecule has 1 aliphatic rings. The van der Waals surface area contributed by atoms with Crippen LogP contribution >= 0.6 is 0 Å². The topological polar surface area (TPSA) is 37.3 Å². The second kappa shape index (κ2) is 2.21. The summed E-state index contributed by atoms with van der Waals surface area (Å²) in [7, 11) is 0. The first kappa shape index (κ1) is 6.33. The van der Waals surface area contributed by atoms with Gasteiger partial charge >= 0.3 is 0 Å². The van der Waals surface area contributed by atoms with Crippen LogP contribution in [0.15, 0.2) is 11.8 Å². The molecule has 0 bridgehead atoms. The van der Waals surface area contributed by atoms with Gasteiger partial charge in [0.15, 0.2) is 5.78 Å². The number of allylic oxidation sites excluding steroid dienone is 2. The minimum atomic E-state index is 0.0475. The Morgan fingerprint density at radius 3 is 2.78 bits per heavy atom. The molecule has 1 aliphatic carbocycles. The van der Waals surface area contributed by atoms with Gasteiger partial charge in [-0.3, -0.25) is 4.79 Å². The van der Waals surface area contributed by atoms with E-state index < -0.39 is 0 Å². The van der Waals surface area contributed by atoms with Crippen molar-refractivity contribution >= 4 is 5.78 Å². The van der Waals surface area contributed by atoms with E-state index in [9.17, 15) is 4.79 Å². The molecule has 0 heterocycles. The van der Waals surface area contributed by atoms with E-state index in [0.29, 0.717) is 18.8 Å². The Morgan fingerprint density at radius 1 is 1.67 bits per heavy atom. The van der Waals surface area contributed by atoms with Gasteiger partial charge in [-0.2, -0.15) is 0 Å². The Morgan fingerprint density at radius 2 is 2.33 bits per heavy atom. The van der Waals surface area contributed by atoms with Gasteiger partial charge in [-0.25, -0.2) is 0 Å². The summed E-state index contributed by atoms with van der Waals surface area (Å²) in [5.74, 6) is 0.604. The van der Waals surface area contributed by atoms with Crippen molar-refractivity contribution in [2.24, 2.45) is 5.92 Å². The first-order valence-electron chi connectivity index (χ1n) is 3.11. The van der Waals surface area contributed by atoms with E-state index in [1.807, 2.05) is 6.92 Å². The largest absolute Gasteiger partial charge is 0.512 e. The van der Waals surface area contributed by atoms with Crippen molar-refractivity contribution in [3.63, 3.8) is 0 Å². The molecule has 0 aliphatic heterocycles. The van der Waals surface area contributed by atoms with E-state index in [-0.39, 0.29) is 11.5 Å². The zero-order valence-corrected chi connectivity index (χ0v) is 5.42. The molecule has 1 rings (SSSR count). The molecule has 0 aromatic rings. The molecule has 0 amide bonds. The maximum absolute atomic E-state index is 10.6. The van der Waals surface area contributed by atoms with Crippen LogP contribution in [-0.2, 0) is 4.79 Å². The molecule has 0 saturated heterocycles. The number of hydrogen-bond donors (Lipinski definition) is 1. The smallest absolute Gasteiger partial charge is 0.159 e. The molecule has 0 saturated carbocycles. The quantitative estimate of drug-likeness (QED) is 0.533. The fraction of sp³-hybridized carbons (Fsp3) is 0.571. The van der Waals surface area contributed by atoms with Gasteiger partial charge in [0.05, 0.1) is 5.76 Å². The summed E-state index contributed by atoms with van der Waals surface area (Å²) in [6.07, 6.45) is 2.57. The van der Waals surface area contributed by atoms with Crippen LogP contribution in [-0.4, -0.2) is 10.9 Å². The van der Waals surface area contributed by atoms with Crippen molar-refractivity contribution in [3.8, 4) is 0 Å². The zero-order valence-electron chi connectivity index (χ0n) is 5.42. The lowest BCUT2D eigenvalue weighted by Gasteiger charge is -2.12. The fourth-order valence-electron chi connectivity index (χ4n) is 1.08. The maximum atomic E-state index is 10.6. The molecule has 0 spiro atoms. The Hall–Kier alpha value is -0.790. The van der Waals surface area contributed by atoms with Gasteiger partial charge in [0.1, 0.15) is 0 Å². The highest BCUT2D eigenvalue weighted by atomic mass is 16.3. The number of ketones is 1. The van der Waals surface area contributed by atoms with Crippen LogP contribution in [0.1, 0.15) is 19.8 Å². The van der Waals surface area contributed by atoms with Crippen LogP contribution in [0.3, 0.4) is 0 Å². The van der Waals surface area contributed by atoms with Gasteiger partial charge in [0.25, 0.3) is 0 Å². The number of carbonyl (C=O) groups excluding carboxylic acids is 1. The molecule has 1 atom stereocenters. The summed E-state index contributed by atoms with van der Waals surface area (Å²) in [6, 6.07) is 0. The molecule has 2 heteroatoms. The Kier molecular flexibility index (Phi) is 1.56. The molecule has 0 unspecified atom stereocenters. The van der Waals surface area contributed by atoms with Gasteiger partial charge in [-0.1, -0.05) is 6.92 Å². The van der Waals surface area contributed by atoms with Crippen LogP contribution in [0.5, 0.6) is 0 Å². The van der Waals surface area contributed by atoms with Crippen molar-refractivity contribution in [3.05, 3.63) is 11.8 Å². The summed E-state index contributed by atoms with van der Waals surface area (Å²) in [6.45, 7) is 1.96. The Labute approximate surface area is 54.2 Å². The van der Waals surface area contributed by atoms with Gasteiger partial charge in [-0.15, -0.1) is 0 Å². The molecule has 0 aromatic heterocycles. The lowest BCUT2D eigenvalue weighted by atomic mass is 9.94. The van der Waals surface area contributed by atoms with Gasteiger partial charge < -0.3 is 5.11 Å². The molecular formula is C7H10O2.